The van der Waals surface area contributed by atoms with Crippen molar-refractivity contribution in [2.24, 2.45) is 5.92 Å². The minimum Gasteiger partial charge on any atom is -0.454 e. The Labute approximate surface area is 198 Å². The number of rotatable bonds is 9. The quantitative estimate of drug-likeness (QED) is 0.480. The van der Waals surface area contributed by atoms with Gasteiger partial charge in [0.1, 0.15) is 11.5 Å². The molecule has 2 heterocycles. The first-order valence-electron chi connectivity index (χ1n) is 11.4. The third-order valence-electron chi connectivity index (χ3n) is 5.41. The fourth-order valence-corrected chi connectivity index (χ4v) is 3.65. The van der Waals surface area contributed by atoms with Crippen molar-refractivity contribution in [3.8, 4) is 23.0 Å². The molecule has 3 aromatic rings. The normalized spacial score (nSPS) is 12.1. The molecule has 2 amide bonds. The summed E-state index contributed by atoms with van der Waals surface area (Å²) in [6, 6.07) is 13.1. The van der Waals surface area contributed by atoms with Crippen molar-refractivity contribution >= 4 is 17.5 Å². The van der Waals surface area contributed by atoms with Crippen LogP contribution in [-0.2, 0) is 22.6 Å². The van der Waals surface area contributed by atoms with Crippen molar-refractivity contribution < 1.29 is 23.5 Å². The number of amides is 2. The average Bonchev–Trinajstić information content (AvgIpc) is 3.41. The van der Waals surface area contributed by atoms with Gasteiger partial charge in [0.2, 0.25) is 24.5 Å². The monoisotopic (exact) mass is 463 g/mol. The molecule has 0 bridgehead atoms. The first-order valence-corrected chi connectivity index (χ1v) is 11.4. The van der Waals surface area contributed by atoms with Gasteiger partial charge in [-0.2, -0.15) is 0 Å². The van der Waals surface area contributed by atoms with Gasteiger partial charge in [-0.1, -0.05) is 26.0 Å². The van der Waals surface area contributed by atoms with E-state index in [2.05, 4.69) is 15.6 Å². The first kappa shape index (κ1) is 23.4. The zero-order chi connectivity index (χ0) is 24.1. The predicted molar refractivity (Wildman–Crippen MR) is 127 cm³/mol. The number of hydrogen-bond donors (Lipinski definition) is 2. The maximum Gasteiger partial charge on any atom is 0.231 e. The maximum absolute atomic E-state index is 12.4. The molecule has 0 saturated heterocycles. The zero-order valence-electron chi connectivity index (χ0n) is 19.6. The number of hydrogen-bond acceptors (Lipinski definition) is 6. The summed E-state index contributed by atoms with van der Waals surface area (Å²) in [4.78, 5) is 29.0. The van der Waals surface area contributed by atoms with E-state index in [1.54, 1.807) is 0 Å². The number of nitrogens with one attached hydrogen (secondary N) is 2. The standard InChI is InChI=1S/C26H29N3O5/c1-16(2)11-25(31)28-20-6-4-5-19(13-20)26-29-21(17(3)34-26)14-27-24(30)10-8-18-7-9-22-23(12-18)33-15-32-22/h4-7,9,12-13,16H,8,10-11,14-15H2,1-3H3,(H,27,30)(H,28,31). The van der Waals surface area contributed by atoms with Crippen LogP contribution in [0, 0.1) is 12.8 Å². The first-order chi connectivity index (χ1) is 16.4. The van der Waals surface area contributed by atoms with E-state index in [9.17, 15) is 9.59 Å². The molecule has 178 valence electrons. The second-order valence-electron chi connectivity index (χ2n) is 8.71. The Kier molecular flexibility index (Phi) is 7.15. The molecule has 8 nitrogen and oxygen atoms in total. The molecule has 8 heteroatoms. The summed E-state index contributed by atoms with van der Waals surface area (Å²) in [6.45, 7) is 6.33. The molecule has 0 atom stereocenters. The van der Waals surface area contributed by atoms with Crippen molar-refractivity contribution in [3.05, 3.63) is 59.5 Å². The van der Waals surface area contributed by atoms with Crippen LogP contribution in [-0.4, -0.2) is 23.6 Å². The molecule has 1 aliphatic rings. The number of nitrogens with zero attached hydrogens (tertiary/aromatic N) is 1. The molecule has 2 aromatic carbocycles. The largest absolute Gasteiger partial charge is 0.454 e. The van der Waals surface area contributed by atoms with Gasteiger partial charge in [-0.15, -0.1) is 0 Å². The van der Waals surface area contributed by atoms with Gasteiger partial charge in [0, 0.05) is 24.1 Å². The SMILES string of the molecule is Cc1oc(-c2cccc(NC(=O)CC(C)C)c2)nc1CNC(=O)CCc1ccc2c(c1)OCO2. The lowest BCUT2D eigenvalue weighted by Gasteiger charge is -2.07. The number of carbonyl (C=O) groups is 2. The van der Waals surface area contributed by atoms with E-state index in [-0.39, 0.29) is 31.1 Å². The van der Waals surface area contributed by atoms with Crippen LogP contribution in [0.5, 0.6) is 11.5 Å². The highest BCUT2D eigenvalue weighted by Crippen LogP contribution is 2.32. The number of benzene rings is 2. The fourth-order valence-electron chi connectivity index (χ4n) is 3.65. The smallest absolute Gasteiger partial charge is 0.231 e. The topological polar surface area (TPSA) is 103 Å². The van der Waals surface area contributed by atoms with Crippen molar-refractivity contribution in [1.29, 1.82) is 0 Å². The van der Waals surface area contributed by atoms with Gasteiger partial charge in [-0.3, -0.25) is 9.59 Å². The maximum atomic E-state index is 12.4. The molecule has 0 spiro atoms. The van der Waals surface area contributed by atoms with Crippen LogP contribution in [0.2, 0.25) is 0 Å². The Morgan fingerprint density at radius 2 is 1.88 bits per heavy atom. The molecule has 0 fully saturated rings. The molecule has 0 aliphatic carbocycles. The molecule has 0 saturated carbocycles. The highest BCUT2D eigenvalue weighted by atomic mass is 16.7. The van der Waals surface area contributed by atoms with Gasteiger partial charge < -0.3 is 24.5 Å². The summed E-state index contributed by atoms with van der Waals surface area (Å²) in [5, 5.41) is 5.81. The van der Waals surface area contributed by atoms with E-state index < -0.39 is 0 Å². The fraction of sp³-hybridized carbons (Fsp3) is 0.346. The van der Waals surface area contributed by atoms with Crippen molar-refractivity contribution in [1.82, 2.24) is 10.3 Å². The second kappa shape index (κ2) is 10.4. The summed E-state index contributed by atoms with van der Waals surface area (Å²) in [5.41, 5.74) is 3.13. The number of carbonyl (C=O) groups excluding carboxylic acids is 2. The van der Waals surface area contributed by atoms with Crippen molar-refractivity contribution in [2.75, 3.05) is 12.1 Å². The number of fused-ring (bicyclic) bond motifs is 1. The number of oxazole rings is 1. The number of aromatic nitrogens is 1. The highest BCUT2D eigenvalue weighted by molar-refractivity contribution is 5.91. The minimum absolute atomic E-state index is 0.0279. The second-order valence-corrected chi connectivity index (χ2v) is 8.71. The van der Waals surface area contributed by atoms with Crippen LogP contribution in [0.15, 0.2) is 46.9 Å². The van der Waals surface area contributed by atoms with Crippen LogP contribution in [0.25, 0.3) is 11.5 Å². The molecular weight excluding hydrogens is 434 g/mol. The van der Waals surface area contributed by atoms with Crippen molar-refractivity contribution in [2.45, 2.75) is 46.6 Å². The summed E-state index contributed by atoms with van der Waals surface area (Å²) >= 11 is 0. The number of ether oxygens (including phenoxy) is 2. The number of aryl methyl sites for hydroxylation is 2. The van der Waals surface area contributed by atoms with E-state index in [0.717, 1.165) is 16.9 Å². The third-order valence-corrected chi connectivity index (χ3v) is 5.41. The van der Waals surface area contributed by atoms with Gasteiger partial charge >= 0.3 is 0 Å². The predicted octanol–water partition coefficient (Wildman–Crippen LogP) is 4.61. The van der Waals surface area contributed by atoms with E-state index in [0.29, 0.717) is 48.0 Å². The summed E-state index contributed by atoms with van der Waals surface area (Å²) in [5.74, 6) is 2.72. The Hall–Kier alpha value is -3.81. The van der Waals surface area contributed by atoms with E-state index in [4.69, 9.17) is 13.9 Å². The van der Waals surface area contributed by atoms with Gasteiger partial charge in [0.05, 0.1) is 6.54 Å². The molecule has 0 unspecified atom stereocenters. The summed E-state index contributed by atoms with van der Waals surface area (Å²) in [6.07, 6.45) is 1.41. The van der Waals surface area contributed by atoms with E-state index in [1.807, 2.05) is 63.2 Å². The third kappa shape index (κ3) is 5.95. The Bertz CT molecular complexity index is 1180. The Balaban J connectivity index is 1.32. The molecule has 1 aliphatic heterocycles. The van der Waals surface area contributed by atoms with Gasteiger partial charge in [0.15, 0.2) is 11.5 Å². The minimum atomic E-state index is -0.0727. The lowest BCUT2D eigenvalue weighted by molar-refractivity contribution is -0.121. The van der Waals surface area contributed by atoms with Crippen LogP contribution in [0.1, 0.15) is 43.7 Å². The highest BCUT2D eigenvalue weighted by Gasteiger charge is 2.15. The van der Waals surface area contributed by atoms with E-state index in [1.165, 1.54) is 0 Å². The van der Waals surface area contributed by atoms with Crippen LogP contribution in [0.4, 0.5) is 5.69 Å². The van der Waals surface area contributed by atoms with Gasteiger partial charge in [-0.05, 0) is 55.2 Å². The van der Waals surface area contributed by atoms with Crippen LogP contribution in [0.3, 0.4) is 0 Å². The summed E-state index contributed by atoms with van der Waals surface area (Å²) in [7, 11) is 0. The zero-order valence-corrected chi connectivity index (χ0v) is 19.6. The molecule has 0 radical (unpaired) electrons. The van der Waals surface area contributed by atoms with E-state index >= 15 is 0 Å². The lowest BCUT2D eigenvalue weighted by Crippen LogP contribution is -2.23. The summed E-state index contributed by atoms with van der Waals surface area (Å²) < 4.78 is 16.5. The van der Waals surface area contributed by atoms with Gasteiger partial charge in [0.25, 0.3) is 0 Å². The lowest BCUT2D eigenvalue weighted by atomic mass is 10.1. The molecular formula is C26H29N3O5. The Morgan fingerprint density at radius 1 is 1.06 bits per heavy atom. The van der Waals surface area contributed by atoms with Crippen LogP contribution >= 0.6 is 0 Å². The van der Waals surface area contributed by atoms with Crippen molar-refractivity contribution in [3.63, 3.8) is 0 Å². The molecule has 2 N–H and O–H groups in total. The molecule has 1 aromatic heterocycles. The Morgan fingerprint density at radius 3 is 2.71 bits per heavy atom. The van der Waals surface area contributed by atoms with Crippen LogP contribution < -0.4 is 20.1 Å². The average molecular weight is 464 g/mol. The molecule has 34 heavy (non-hydrogen) atoms. The number of anilines is 1. The van der Waals surface area contributed by atoms with Gasteiger partial charge in [-0.25, -0.2) is 4.98 Å². The molecule has 4 rings (SSSR count).